The molecule has 4 aromatic rings. The third-order valence-electron chi connectivity index (χ3n) is 5.63. The number of thiazole rings is 1. The number of aromatic nitrogens is 2. The molecule has 3 heterocycles. The van der Waals surface area contributed by atoms with Gasteiger partial charge in [0.1, 0.15) is 11.6 Å². The number of nitrogens with one attached hydrogen (secondary N) is 1. The summed E-state index contributed by atoms with van der Waals surface area (Å²) in [5.74, 6) is -1.43. The van der Waals surface area contributed by atoms with E-state index in [9.17, 15) is 13.6 Å². The van der Waals surface area contributed by atoms with Crippen molar-refractivity contribution < 1.29 is 18.0 Å². The Hall–Kier alpha value is -3.43. The van der Waals surface area contributed by atoms with Gasteiger partial charge in [-0.15, -0.1) is 11.3 Å². The quantitative estimate of drug-likeness (QED) is 0.393. The average Bonchev–Trinajstić information content (AvgIpc) is 3.44. The molecule has 1 aliphatic heterocycles. The van der Waals surface area contributed by atoms with Crippen LogP contribution in [0.1, 0.15) is 28.4 Å². The molecule has 0 saturated carbocycles. The molecular formula is C25H22F2N4O2S. The number of oxazole rings is 1. The van der Waals surface area contributed by atoms with Gasteiger partial charge in [0.15, 0.2) is 16.8 Å². The van der Waals surface area contributed by atoms with E-state index in [0.717, 1.165) is 43.9 Å². The first-order chi connectivity index (χ1) is 16.5. The van der Waals surface area contributed by atoms with Crippen molar-refractivity contribution in [3.05, 3.63) is 88.4 Å². The van der Waals surface area contributed by atoms with Gasteiger partial charge in [0, 0.05) is 43.8 Å². The van der Waals surface area contributed by atoms with Crippen LogP contribution in [0.25, 0.3) is 11.3 Å². The first kappa shape index (κ1) is 22.4. The number of anilines is 1. The number of rotatable bonds is 7. The molecule has 9 heteroatoms. The van der Waals surface area contributed by atoms with Crippen molar-refractivity contribution >= 4 is 22.4 Å². The number of fused-ring (bicyclic) bond motifs is 1. The molecule has 0 aliphatic carbocycles. The highest BCUT2D eigenvalue weighted by molar-refractivity contribution is 7.15. The Balaban J connectivity index is 1.16. The smallest absolute Gasteiger partial charge is 0.226 e. The molecule has 2 aromatic heterocycles. The Labute approximate surface area is 199 Å². The van der Waals surface area contributed by atoms with E-state index in [2.05, 4.69) is 32.3 Å². The summed E-state index contributed by atoms with van der Waals surface area (Å²) in [5.41, 5.74) is 2.05. The van der Waals surface area contributed by atoms with Crippen LogP contribution in [0.3, 0.4) is 0 Å². The topological polar surface area (TPSA) is 71.3 Å². The molecular weight excluding hydrogens is 458 g/mol. The number of amides is 1. The van der Waals surface area contributed by atoms with Gasteiger partial charge in [-0.2, -0.15) is 0 Å². The Morgan fingerprint density at radius 2 is 1.91 bits per heavy atom. The number of carbonyl (C=O) groups is 1. The van der Waals surface area contributed by atoms with Crippen molar-refractivity contribution in [1.29, 1.82) is 0 Å². The minimum atomic E-state index is -0.726. The van der Waals surface area contributed by atoms with Crippen LogP contribution in [0.15, 0.2) is 59.1 Å². The molecule has 0 bridgehead atoms. The summed E-state index contributed by atoms with van der Waals surface area (Å²) in [7, 11) is 0. The van der Waals surface area contributed by atoms with Crippen molar-refractivity contribution in [3.8, 4) is 11.3 Å². The van der Waals surface area contributed by atoms with Gasteiger partial charge in [-0.3, -0.25) is 9.69 Å². The molecule has 0 radical (unpaired) electrons. The summed E-state index contributed by atoms with van der Waals surface area (Å²) in [6.45, 7) is 2.62. The highest BCUT2D eigenvalue weighted by Crippen LogP contribution is 2.30. The minimum absolute atomic E-state index is 0.00124. The normalized spacial score (nSPS) is 13.6. The number of carbonyl (C=O) groups excluding carboxylic acids is 1. The van der Waals surface area contributed by atoms with Gasteiger partial charge < -0.3 is 9.73 Å². The van der Waals surface area contributed by atoms with Gasteiger partial charge in [0.25, 0.3) is 0 Å². The fourth-order valence-electron chi connectivity index (χ4n) is 3.96. The first-order valence-electron chi connectivity index (χ1n) is 11.0. The van der Waals surface area contributed by atoms with Gasteiger partial charge in [0.2, 0.25) is 5.91 Å². The Morgan fingerprint density at radius 1 is 1.12 bits per heavy atom. The highest BCUT2D eigenvalue weighted by Gasteiger charge is 2.22. The monoisotopic (exact) mass is 480 g/mol. The van der Waals surface area contributed by atoms with Crippen molar-refractivity contribution in [2.45, 2.75) is 32.4 Å². The van der Waals surface area contributed by atoms with E-state index in [4.69, 9.17) is 4.42 Å². The van der Waals surface area contributed by atoms with Gasteiger partial charge in [-0.25, -0.2) is 18.7 Å². The van der Waals surface area contributed by atoms with E-state index < -0.39 is 11.6 Å². The zero-order valence-corrected chi connectivity index (χ0v) is 19.1. The molecule has 1 amide bonds. The zero-order chi connectivity index (χ0) is 23.5. The lowest BCUT2D eigenvalue weighted by Gasteiger charge is -2.25. The molecule has 0 unspecified atom stereocenters. The van der Waals surface area contributed by atoms with Crippen molar-refractivity contribution in [1.82, 2.24) is 14.9 Å². The van der Waals surface area contributed by atoms with Crippen LogP contribution >= 0.6 is 11.3 Å². The number of hydrogen-bond acceptors (Lipinski definition) is 6. The molecule has 1 N–H and O–H groups in total. The number of halogens is 2. The third kappa shape index (κ3) is 5.05. The van der Waals surface area contributed by atoms with E-state index in [1.54, 1.807) is 0 Å². The number of benzene rings is 2. The molecule has 1 aliphatic rings. The predicted octanol–water partition coefficient (Wildman–Crippen LogP) is 5.21. The molecule has 174 valence electrons. The Kier molecular flexibility index (Phi) is 6.46. The summed E-state index contributed by atoms with van der Waals surface area (Å²) in [6, 6.07) is 13.9. The molecule has 0 saturated heterocycles. The third-order valence-corrected chi connectivity index (χ3v) is 6.63. The number of hydrogen-bond donors (Lipinski definition) is 1. The van der Waals surface area contributed by atoms with Crippen molar-refractivity contribution in [2.75, 3.05) is 11.9 Å². The SMILES string of the molecule is O=C(CCc1ncc(-c2c(F)cccc2F)o1)Nc1nc2c(s1)CN(Cc1ccccc1)CC2. The fraction of sp³-hybridized carbons (Fsp3) is 0.240. The first-order valence-corrected chi connectivity index (χ1v) is 11.8. The summed E-state index contributed by atoms with van der Waals surface area (Å²) < 4.78 is 33.3. The maximum atomic E-state index is 13.9. The van der Waals surface area contributed by atoms with Crippen LogP contribution in [0.2, 0.25) is 0 Å². The number of aryl methyl sites for hydroxylation is 1. The van der Waals surface area contributed by atoms with E-state index >= 15 is 0 Å². The second-order valence-corrected chi connectivity index (χ2v) is 9.18. The van der Waals surface area contributed by atoms with Gasteiger partial charge in [0.05, 0.1) is 17.5 Å². The predicted molar refractivity (Wildman–Crippen MR) is 125 cm³/mol. The lowest BCUT2D eigenvalue weighted by atomic mass is 10.1. The summed E-state index contributed by atoms with van der Waals surface area (Å²) >= 11 is 1.50. The standard InChI is InChI=1S/C25H22F2N4O2S/c26-17-7-4-8-18(27)24(17)20-13-28-23(33-20)10-9-22(32)30-25-29-19-11-12-31(15-21(19)34-25)14-16-5-2-1-3-6-16/h1-8,13H,9-12,14-15H2,(H,29,30,32). The van der Waals surface area contributed by atoms with Crippen LogP contribution < -0.4 is 5.32 Å². The van der Waals surface area contributed by atoms with E-state index in [0.29, 0.717) is 5.13 Å². The second kappa shape index (κ2) is 9.82. The number of nitrogens with zero attached hydrogens (tertiary/aromatic N) is 3. The van der Waals surface area contributed by atoms with Gasteiger partial charge in [-0.05, 0) is 17.7 Å². The largest absolute Gasteiger partial charge is 0.441 e. The maximum absolute atomic E-state index is 13.9. The van der Waals surface area contributed by atoms with Crippen LogP contribution in [-0.4, -0.2) is 27.3 Å². The molecule has 0 fully saturated rings. The van der Waals surface area contributed by atoms with Crippen LogP contribution in [0, 0.1) is 11.6 Å². The molecule has 0 spiro atoms. The molecule has 34 heavy (non-hydrogen) atoms. The molecule has 5 rings (SSSR count). The molecule has 6 nitrogen and oxygen atoms in total. The minimum Gasteiger partial charge on any atom is -0.441 e. The van der Waals surface area contributed by atoms with Gasteiger partial charge in [-0.1, -0.05) is 36.4 Å². The van der Waals surface area contributed by atoms with E-state index in [-0.39, 0.29) is 36.0 Å². The molecule has 2 aromatic carbocycles. The van der Waals surface area contributed by atoms with Crippen LogP contribution in [-0.2, 0) is 30.7 Å². The Bertz CT molecular complexity index is 1290. The maximum Gasteiger partial charge on any atom is 0.226 e. The zero-order valence-electron chi connectivity index (χ0n) is 18.3. The van der Waals surface area contributed by atoms with Gasteiger partial charge >= 0.3 is 0 Å². The summed E-state index contributed by atoms with van der Waals surface area (Å²) in [6.07, 6.45) is 2.44. The van der Waals surface area contributed by atoms with Crippen LogP contribution in [0.5, 0.6) is 0 Å². The Morgan fingerprint density at radius 3 is 2.71 bits per heavy atom. The van der Waals surface area contributed by atoms with E-state index in [1.807, 2.05) is 18.2 Å². The highest BCUT2D eigenvalue weighted by atomic mass is 32.1. The lowest BCUT2D eigenvalue weighted by molar-refractivity contribution is -0.116. The van der Waals surface area contributed by atoms with E-state index in [1.165, 1.54) is 34.0 Å². The fourth-order valence-corrected chi connectivity index (χ4v) is 5.02. The summed E-state index contributed by atoms with van der Waals surface area (Å²) in [4.78, 5) is 24.6. The van der Waals surface area contributed by atoms with Crippen molar-refractivity contribution in [3.63, 3.8) is 0 Å². The molecule has 0 atom stereocenters. The average molecular weight is 481 g/mol. The van der Waals surface area contributed by atoms with Crippen molar-refractivity contribution in [2.24, 2.45) is 0 Å². The second-order valence-electron chi connectivity index (χ2n) is 8.10. The summed E-state index contributed by atoms with van der Waals surface area (Å²) in [5, 5.41) is 3.43. The van der Waals surface area contributed by atoms with Crippen LogP contribution in [0.4, 0.5) is 13.9 Å². The lowest BCUT2D eigenvalue weighted by Crippen LogP contribution is -2.29.